The van der Waals surface area contributed by atoms with Crippen LogP contribution in [0.4, 0.5) is 5.69 Å². The number of aromatic nitrogens is 2. The standard InChI is InChI=1S/C30H34N6O3/c31-27-6-5-21(22-18-24-26(20-33-29(24)32-19-22)23-3-1-2-4-28(23)37)17-25(27)30(38)36-11-9-34(10-12-36)7-8-35-13-15-39-16-14-35/h1-6,17-20,37H,7-16,31H2,(H,32,33). The van der Waals surface area contributed by atoms with E-state index in [-0.39, 0.29) is 11.7 Å². The van der Waals surface area contributed by atoms with Gasteiger partial charge < -0.3 is 25.5 Å². The summed E-state index contributed by atoms with van der Waals surface area (Å²) in [5, 5.41) is 11.3. The zero-order valence-corrected chi connectivity index (χ0v) is 22.0. The van der Waals surface area contributed by atoms with E-state index in [2.05, 4.69) is 19.8 Å². The molecule has 9 heteroatoms. The number of carbonyl (C=O) groups excluding carboxylic acids is 1. The number of aromatic amines is 1. The van der Waals surface area contributed by atoms with Crippen molar-refractivity contribution in [3.8, 4) is 28.0 Å². The number of ether oxygens (including phenoxy) is 1. The molecule has 2 aromatic carbocycles. The second-order valence-electron chi connectivity index (χ2n) is 10.2. The number of anilines is 1. The Kier molecular flexibility index (Phi) is 7.19. The third-order valence-corrected chi connectivity index (χ3v) is 7.84. The molecule has 2 saturated heterocycles. The Hall–Kier alpha value is -3.92. The van der Waals surface area contributed by atoms with E-state index in [0.29, 0.717) is 24.3 Å². The van der Waals surface area contributed by atoms with Gasteiger partial charge in [0.1, 0.15) is 11.4 Å². The number of morpholine rings is 1. The molecule has 0 bridgehead atoms. The number of piperazine rings is 1. The van der Waals surface area contributed by atoms with E-state index in [1.165, 1.54) is 0 Å². The Morgan fingerprint density at radius 1 is 0.923 bits per heavy atom. The number of fused-ring (bicyclic) bond motifs is 1. The number of amides is 1. The van der Waals surface area contributed by atoms with Crippen molar-refractivity contribution in [2.75, 3.05) is 71.3 Å². The first-order valence-electron chi connectivity index (χ1n) is 13.5. The number of rotatable bonds is 6. The molecule has 0 aliphatic carbocycles. The lowest BCUT2D eigenvalue weighted by atomic mass is 9.99. The van der Waals surface area contributed by atoms with Gasteiger partial charge in [0.25, 0.3) is 5.91 Å². The topological polar surface area (TPSA) is 111 Å². The summed E-state index contributed by atoms with van der Waals surface area (Å²) >= 11 is 0. The molecule has 0 radical (unpaired) electrons. The summed E-state index contributed by atoms with van der Waals surface area (Å²) in [5.41, 5.74) is 11.4. The Bertz CT molecular complexity index is 1470. The lowest BCUT2D eigenvalue weighted by Crippen LogP contribution is -2.51. The van der Waals surface area contributed by atoms with Crippen molar-refractivity contribution in [3.63, 3.8) is 0 Å². The SMILES string of the molecule is Nc1ccc(-c2cnc3[nH]cc(-c4ccccc4O)c3c2)cc1C(=O)N1CCN(CCN2CCOCC2)CC1. The number of aromatic hydroxyl groups is 1. The van der Waals surface area contributed by atoms with Gasteiger partial charge in [-0.1, -0.05) is 24.3 Å². The average molecular weight is 527 g/mol. The summed E-state index contributed by atoms with van der Waals surface area (Å²) in [6, 6.07) is 14.9. The lowest BCUT2D eigenvalue weighted by Gasteiger charge is -2.36. The molecule has 1 amide bonds. The van der Waals surface area contributed by atoms with E-state index in [9.17, 15) is 9.90 Å². The molecule has 0 spiro atoms. The number of para-hydroxylation sites is 1. The first-order chi connectivity index (χ1) is 19.1. The fourth-order valence-electron chi connectivity index (χ4n) is 5.46. The van der Waals surface area contributed by atoms with E-state index < -0.39 is 0 Å². The van der Waals surface area contributed by atoms with Crippen LogP contribution in [0.15, 0.2) is 60.9 Å². The van der Waals surface area contributed by atoms with Gasteiger partial charge in [-0.3, -0.25) is 14.6 Å². The van der Waals surface area contributed by atoms with Crippen LogP contribution in [0, 0.1) is 0 Å². The van der Waals surface area contributed by atoms with Crippen molar-refractivity contribution in [2.24, 2.45) is 0 Å². The molecule has 2 fully saturated rings. The van der Waals surface area contributed by atoms with Crippen LogP contribution >= 0.6 is 0 Å². The molecule has 0 saturated carbocycles. The molecule has 202 valence electrons. The molecule has 4 heterocycles. The summed E-state index contributed by atoms with van der Waals surface area (Å²) in [7, 11) is 0. The van der Waals surface area contributed by atoms with Gasteiger partial charge in [-0.2, -0.15) is 0 Å². The number of phenolic OH excluding ortho intramolecular Hbond substituents is 1. The van der Waals surface area contributed by atoms with Gasteiger partial charge in [-0.05, 0) is 29.8 Å². The normalized spacial score (nSPS) is 17.1. The highest BCUT2D eigenvalue weighted by molar-refractivity contribution is 6.01. The van der Waals surface area contributed by atoms with E-state index in [0.717, 1.165) is 85.8 Å². The molecule has 4 aromatic rings. The van der Waals surface area contributed by atoms with Crippen LogP contribution < -0.4 is 5.73 Å². The fourth-order valence-corrected chi connectivity index (χ4v) is 5.46. The van der Waals surface area contributed by atoms with Gasteiger partial charge in [0.15, 0.2) is 0 Å². The predicted molar refractivity (Wildman–Crippen MR) is 153 cm³/mol. The number of nitrogen functional groups attached to an aromatic ring is 1. The van der Waals surface area contributed by atoms with E-state index in [1.807, 2.05) is 41.4 Å². The highest BCUT2D eigenvalue weighted by atomic mass is 16.5. The summed E-state index contributed by atoms with van der Waals surface area (Å²) in [6.07, 6.45) is 3.65. The van der Waals surface area contributed by atoms with E-state index in [4.69, 9.17) is 10.5 Å². The number of H-pyrrole nitrogens is 1. The van der Waals surface area contributed by atoms with Crippen molar-refractivity contribution >= 4 is 22.6 Å². The molecule has 0 atom stereocenters. The van der Waals surface area contributed by atoms with Gasteiger partial charge in [-0.15, -0.1) is 0 Å². The van der Waals surface area contributed by atoms with Gasteiger partial charge in [0.2, 0.25) is 0 Å². The number of hydrogen-bond acceptors (Lipinski definition) is 7. The van der Waals surface area contributed by atoms with Gasteiger partial charge in [0, 0.05) is 92.5 Å². The fraction of sp³-hybridized carbons (Fsp3) is 0.333. The predicted octanol–water partition coefficient (Wildman–Crippen LogP) is 3.27. The maximum atomic E-state index is 13.5. The molecule has 0 unspecified atom stereocenters. The molecule has 2 aliphatic heterocycles. The van der Waals surface area contributed by atoms with E-state index in [1.54, 1.807) is 24.4 Å². The summed E-state index contributed by atoms with van der Waals surface area (Å²) in [5.74, 6) is 0.179. The minimum atomic E-state index is -0.0345. The first kappa shape index (κ1) is 25.4. The highest BCUT2D eigenvalue weighted by Gasteiger charge is 2.24. The molecule has 2 aromatic heterocycles. The van der Waals surface area contributed by atoms with Crippen LogP contribution in [0.2, 0.25) is 0 Å². The Balaban J connectivity index is 1.17. The minimum absolute atomic E-state index is 0.0345. The minimum Gasteiger partial charge on any atom is -0.507 e. The zero-order chi connectivity index (χ0) is 26.8. The quantitative estimate of drug-likeness (QED) is 0.331. The molecule has 9 nitrogen and oxygen atoms in total. The summed E-state index contributed by atoms with van der Waals surface area (Å²) < 4.78 is 5.44. The Labute approximate surface area is 227 Å². The lowest BCUT2D eigenvalue weighted by molar-refractivity contribution is 0.0293. The molecule has 4 N–H and O–H groups in total. The number of pyridine rings is 1. The third-order valence-electron chi connectivity index (χ3n) is 7.84. The monoisotopic (exact) mass is 526 g/mol. The van der Waals surface area contributed by atoms with Gasteiger partial charge in [0.05, 0.1) is 18.8 Å². The van der Waals surface area contributed by atoms with Gasteiger partial charge >= 0.3 is 0 Å². The van der Waals surface area contributed by atoms with Crippen LogP contribution in [0.5, 0.6) is 5.75 Å². The second-order valence-corrected chi connectivity index (χ2v) is 10.2. The van der Waals surface area contributed by atoms with Crippen molar-refractivity contribution in [2.45, 2.75) is 0 Å². The molecular weight excluding hydrogens is 492 g/mol. The van der Waals surface area contributed by atoms with Crippen LogP contribution in [0.3, 0.4) is 0 Å². The van der Waals surface area contributed by atoms with Crippen LogP contribution in [0.1, 0.15) is 10.4 Å². The van der Waals surface area contributed by atoms with Gasteiger partial charge in [-0.25, -0.2) is 4.98 Å². The largest absolute Gasteiger partial charge is 0.507 e. The smallest absolute Gasteiger partial charge is 0.256 e. The maximum Gasteiger partial charge on any atom is 0.256 e. The van der Waals surface area contributed by atoms with Crippen LogP contribution in [-0.2, 0) is 4.74 Å². The Morgan fingerprint density at radius 2 is 1.67 bits per heavy atom. The van der Waals surface area contributed by atoms with Crippen molar-refractivity contribution in [3.05, 3.63) is 66.5 Å². The molecule has 2 aliphatic rings. The number of carbonyl (C=O) groups is 1. The molecule has 6 rings (SSSR count). The molecular formula is C30H34N6O3. The third kappa shape index (κ3) is 5.34. The van der Waals surface area contributed by atoms with Crippen LogP contribution in [-0.4, -0.2) is 101 Å². The van der Waals surface area contributed by atoms with Crippen molar-refractivity contribution in [1.82, 2.24) is 24.7 Å². The summed E-state index contributed by atoms with van der Waals surface area (Å²) in [6.45, 7) is 8.77. The number of hydrogen-bond donors (Lipinski definition) is 3. The second kappa shape index (κ2) is 11.1. The van der Waals surface area contributed by atoms with E-state index >= 15 is 0 Å². The highest BCUT2D eigenvalue weighted by Crippen LogP contribution is 2.36. The first-order valence-corrected chi connectivity index (χ1v) is 13.5. The average Bonchev–Trinajstić information content (AvgIpc) is 3.40. The maximum absolute atomic E-state index is 13.5. The Morgan fingerprint density at radius 3 is 2.44 bits per heavy atom. The van der Waals surface area contributed by atoms with Crippen molar-refractivity contribution < 1.29 is 14.6 Å². The number of nitrogens with zero attached hydrogens (tertiary/aromatic N) is 4. The number of phenols is 1. The zero-order valence-electron chi connectivity index (χ0n) is 22.0. The summed E-state index contributed by atoms with van der Waals surface area (Å²) in [4.78, 5) is 28.1. The molecule has 39 heavy (non-hydrogen) atoms. The van der Waals surface area contributed by atoms with Crippen molar-refractivity contribution in [1.29, 1.82) is 0 Å². The number of benzene rings is 2. The number of nitrogens with two attached hydrogens (primary N) is 1. The van der Waals surface area contributed by atoms with Crippen LogP contribution in [0.25, 0.3) is 33.3 Å². The number of nitrogens with one attached hydrogen (secondary N) is 1.